The number of para-hydroxylation sites is 1. The van der Waals surface area contributed by atoms with Crippen molar-refractivity contribution in [1.29, 1.82) is 0 Å². The third kappa shape index (κ3) is 3.83. The number of nitrogens with zero attached hydrogens (tertiary/aromatic N) is 5. The molecule has 3 aromatic rings. The highest BCUT2D eigenvalue weighted by molar-refractivity contribution is 8.18. The lowest BCUT2D eigenvalue weighted by atomic mass is 10.1. The van der Waals surface area contributed by atoms with E-state index >= 15 is 0 Å². The molecule has 4 rings (SSSR count). The van der Waals surface area contributed by atoms with Crippen LogP contribution in [0.1, 0.15) is 24.4 Å². The van der Waals surface area contributed by atoms with Crippen LogP contribution in [-0.4, -0.2) is 38.2 Å². The molecule has 1 amide bonds. The number of rotatable bonds is 4. The van der Waals surface area contributed by atoms with Gasteiger partial charge in [0.2, 0.25) is 5.13 Å². The summed E-state index contributed by atoms with van der Waals surface area (Å²) in [5, 5.41) is 11.5. The fourth-order valence-electron chi connectivity index (χ4n) is 2.84. The van der Waals surface area contributed by atoms with Crippen LogP contribution >= 0.6 is 23.1 Å². The molecule has 1 aliphatic rings. The third-order valence-electron chi connectivity index (χ3n) is 4.18. The van der Waals surface area contributed by atoms with Crippen LogP contribution in [0.2, 0.25) is 0 Å². The molecule has 0 aliphatic carbocycles. The first-order chi connectivity index (χ1) is 13.5. The fourth-order valence-corrected chi connectivity index (χ4v) is 4.78. The van der Waals surface area contributed by atoms with Crippen molar-refractivity contribution in [3.8, 4) is 0 Å². The summed E-state index contributed by atoms with van der Waals surface area (Å²) in [4.78, 5) is 23.9. The van der Waals surface area contributed by atoms with Gasteiger partial charge in [0.05, 0.1) is 10.4 Å². The third-order valence-corrected chi connectivity index (χ3v) is 6.08. The molecule has 1 saturated heterocycles. The second-order valence-corrected chi connectivity index (χ2v) is 8.92. The van der Waals surface area contributed by atoms with Gasteiger partial charge in [0.15, 0.2) is 5.17 Å². The number of fused-ring (bicyclic) bond motifs is 1. The lowest BCUT2D eigenvalue weighted by Crippen LogP contribution is -2.23. The Morgan fingerprint density at radius 1 is 1.21 bits per heavy atom. The molecule has 3 heterocycles. The van der Waals surface area contributed by atoms with Crippen molar-refractivity contribution in [2.24, 2.45) is 10.9 Å². The smallest absolute Gasteiger partial charge is 0.266 e. The quantitative estimate of drug-likeness (QED) is 0.593. The Kier molecular flexibility index (Phi) is 5.23. The predicted molar refractivity (Wildman–Crippen MR) is 116 cm³/mol. The van der Waals surface area contributed by atoms with Gasteiger partial charge in [-0.3, -0.25) is 14.7 Å². The maximum atomic E-state index is 12.7. The number of likely N-dealkylation sites (N-methyl/N-ethyl adjacent to an activating group) is 1. The number of thioether (sulfide) groups is 1. The lowest BCUT2D eigenvalue weighted by molar-refractivity contribution is -0.121. The Labute approximate surface area is 171 Å². The van der Waals surface area contributed by atoms with Gasteiger partial charge in [0, 0.05) is 30.6 Å². The number of amidine groups is 1. The molecular weight excluding hydrogens is 390 g/mol. The van der Waals surface area contributed by atoms with Crippen LogP contribution in [-0.2, 0) is 11.2 Å². The monoisotopic (exact) mass is 409 g/mol. The number of aliphatic imine (C=N–C) groups is 1. The minimum absolute atomic E-state index is 0.0800. The molecule has 1 aromatic carbocycles. The Hall–Kier alpha value is -2.58. The Balaban J connectivity index is 1.63. The average Bonchev–Trinajstić information content (AvgIpc) is 3.21. The van der Waals surface area contributed by atoms with Gasteiger partial charge in [-0.2, -0.15) is 4.99 Å². The van der Waals surface area contributed by atoms with Crippen molar-refractivity contribution in [3.63, 3.8) is 0 Å². The summed E-state index contributed by atoms with van der Waals surface area (Å²) in [7, 11) is 1.73. The van der Waals surface area contributed by atoms with Crippen molar-refractivity contribution in [3.05, 3.63) is 52.0 Å². The molecule has 142 valence electrons. The molecule has 0 saturated carbocycles. The lowest BCUT2D eigenvalue weighted by Gasteiger charge is -2.05. The molecule has 1 aliphatic heterocycles. The Morgan fingerprint density at radius 3 is 2.86 bits per heavy atom. The van der Waals surface area contributed by atoms with Gasteiger partial charge in [-0.25, -0.2) is 0 Å². The second-order valence-electron chi connectivity index (χ2n) is 6.87. The van der Waals surface area contributed by atoms with Crippen molar-refractivity contribution in [2.75, 3.05) is 7.05 Å². The number of hydrogen-bond donors (Lipinski definition) is 0. The summed E-state index contributed by atoms with van der Waals surface area (Å²) in [5.41, 5.74) is 1.79. The highest BCUT2D eigenvalue weighted by Crippen LogP contribution is 2.34. The summed E-state index contributed by atoms with van der Waals surface area (Å²) in [6.45, 7) is 4.29. The maximum absolute atomic E-state index is 12.7. The van der Waals surface area contributed by atoms with Crippen LogP contribution in [0.25, 0.3) is 17.0 Å². The molecule has 0 atom stereocenters. The molecule has 2 aromatic heterocycles. The zero-order valence-corrected chi connectivity index (χ0v) is 17.4. The van der Waals surface area contributed by atoms with E-state index in [1.807, 2.05) is 36.4 Å². The largest absolute Gasteiger partial charge is 0.289 e. The number of benzene rings is 1. The van der Waals surface area contributed by atoms with Crippen LogP contribution in [0.4, 0.5) is 5.13 Å². The fraction of sp³-hybridized carbons (Fsp3) is 0.250. The number of hydrogen-bond acceptors (Lipinski definition) is 7. The Bertz CT molecular complexity index is 1100. The van der Waals surface area contributed by atoms with Crippen LogP contribution < -0.4 is 0 Å². The zero-order valence-electron chi connectivity index (χ0n) is 15.8. The summed E-state index contributed by atoms with van der Waals surface area (Å²) in [5.74, 6) is 0.436. The first-order valence-electron chi connectivity index (χ1n) is 8.93. The molecule has 28 heavy (non-hydrogen) atoms. The van der Waals surface area contributed by atoms with E-state index in [-0.39, 0.29) is 5.91 Å². The number of carbonyl (C=O) groups is 1. The van der Waals surface area contributed by atoms with E-state index in [2.05, 4.69) is 34.0 Å². The molecule has 8 heteroatoms. The number of carbonyl (C=O) groups excluding carboxylic acids is 1. The van der Waals surface area contributed by atoms with Gasteiger partial charge in [-0.15, -0.1) is 10.2 Å². The molecular formula is C20H19N5OS2. The van der Waals surface area contributed by atoms with E-state index in [1.54, 1.807) is 18.1 Å². The minimum Gasteiger partial charge on any atom is -0.289 e. The number of aromatic nitrogens is 3. The molecule has 0 bridgehead atoms. The van der Waals surface area contributed by atoms with Gasteiger partial charge in [-0.05, 0) is 29.8 Å². The van der Waals surface area contributed by atoms with Crippen LogP contribution in [0.15, 0.2) is 46.4 Å². The minimum atomic E-state index is -0.0800. The number of amides is 1. The SMILES string of the molecule is CC(C)Cc1nnc(/N=C2/S/C(=C\c3cccc4cccnc34)C(=O)N2C)s1. The summed E-state index contributed by atoms with van der Waals surface area (Å²) in [6.07, 6.45) is 4.52. The maximum Gasteiger partial charge on any atom is 0.266 e. The van der Waals surface area contributed by atoms with Crippen molar-refractivity contribution < 1.29 is 4.79 Å². The standard InChI is InChI=1S/C20H19N5OS2/c1-12(2)10-16-23-24-19(28-16)22-20-25(3)18(26)15(27-20)11-14-7-4-6-13-8-5-9-21-17(13)14/h4-9,11-12H,10H2,1-3H3/b15-11-,22-20+. The van der Waals surface area contributed by atoms with Crippen molar-refractivity contribution in [1.82, 2.24) is 20.1 Å². The molecule has 0 radical (unpaired) electrons. The van der Waals surface area contributed by atoms with Gasteiger partial charge in [-0.1, -0.05) is 49.4 Å². The van der Waals surface area contributed by atoms with Crippen molar-refractivity contribution >= 4 is 56.3 Å². The summed E-state index contributed by atoms with van der Waals surface area (Å²) < 4.78 is 0. The van der Waals surface area contributed by atoms with Gasteiger partial charge < -0.3 is 0 Å². The van der Waals surface area contributed by atoms with Gasteiger partial charge in [0.1, 0.15) is 5.01 Å². The van der Waals surface area contributed by atoms with Gasteiger partial charge >= 0.3 is 0 Å². The topological polar surface area (TPSA) is 71.3 Å². The molecule has 1 fully saturated rings. The highest BCUT2D eigenvalue weighted by atomic mass is 32.2. The van der Waals surface area contributed by atoms with Crippen molar-refractivity contribution in [2.45, 2.75) is 20.3 Å². The van der Waals surface area contributed by atoms with E-state index in [0.29, 0.717) is 21.1 Å². The van der Waals surface area contributed by atoms with E-state index in [9.17, 15) is 4.79 Å². The highest BCUT2D eigenvalue weighted by Gasteiger charge is 2.31. The van der Waals surface area contributed by atoms with E-state index in [1.165, 1.54) is 23.1 Å². The first kappa shape index (κ1) is 18.8. The predicted octanol–water partition coefficient (Wildman–Crippen LogP) is 4.52. The molecule has 0 N–H and O–H groups in total. The normalized spacial score (nSPS) is 17.6. The Morgan fingerprint density at radius 2 is 2.04 bits per heavy atom. The zero-order chi connectivity index (χ0) is 19.7. The average molecular weight is 410 g/mol. The first-order valence-corrected chi connectivity index (χ1v) is 10.6. The second kappa shape index (κ2) is 7.81. The van der Waals surface area contributed by atoms with Crippen LogP contribution in [0.3, 0.4) is 0 Å². The summed E-state index contributed by atoms with van der Waals surface area (Å²) in [6, 6.07) is 9.86. The van der Waals surface area contributed by atoms with E-state index in [0.717, 1.165) is 27.9 Å². The molecule has 6 nitrogen and oxygen atoms in total. The van der Waals surface area contributed by atoms with Crippen LogP contribution in [0.5, 0.6) is 0 Å². The van der Waals surface area contributed by atoms with Gasteiger partial charge in [0.25, 0.3) is 5.91 Å². The van der Waals surface area contributed by atoms with Crippen LogP contribution in [0, 0.1) is 5.92 Å². The van der Waals surface area contributed by atoms with E-state index < -0.39 is 0 Å². The molecule has 0 unspecified atom stereocenters. The molecule has 0 spiro atoms. The summed E-state index contributed by atoms with van der Waals surface area (Å²) >= 11 is 2.81. The number of pyridine rings is 1. The van der Waals surface area contributed by atoms with E-state index in [4.69, 9.17) is 0 Å².